The highest BCUT2D eigenvalue weighted by molar-refractivity contribution is 5.70. The Morgan fingerprint density at radius 1 is 1.30 bits per heavy atom. The van der Waals surface area contributed by atoms with Crippen molar-refractivity contribution in [3.8, 4) is 0 Å². The molecule has 2 N–H and O–H groups in total. The topological polar surface area (TPSA) is 76.7 Å². The molecule has 0 aliphatic carbocycles. The van der Waals surface area contributed by atoms with Gasteiger partial charge in [-0.3, -0.25) is 4.79 Å². The molecule has 0 bridgehead atoms. The molecular formula is C14H26N2O4. The molecule has 0 aromatic heterocycles. The van der Waals surface area contributed by atoms with Crippen LogP contribution in [0.1, 0.15) is 47.0 Å². The zero-order valence-corrected chi connectivity index (χ0v) is 12.8. The molecule has 0 aromatic rings. The molecule has 0 saturated carbocycles. The third-order valence-corrected chi connectivity index (χ3v) is 2.96. The van der Waals surface area contributed by atoms with Crippen LogP contribution in [0.25, 0.3) is 0 Å². The first-order chi connectivity index (χ1) is 9.30. The van der Waals surface area contributed by atoms with Crippen molar-refractivity contribution >= 4 is 12.1 Å². The Morgan fingerprint density at radius 3 is 2.50 bits per heavy atom. The molecule has 0 aromatic carbocycles. The Kier molecular flexibility index (Phi) is 6.26. The first kappa shape index (κ1) is 16.8. The van der Waals surface area contributed by atoms with Crippen LogP contribution >= 0.6 is 0 Å². The van der Waals surface area contributed by atoms with Crippen LogP contribution in [0.4, 0.5) is 4.79 Å². The molecule has 1 rings (SSSR count). The van der Waals surface area contributed by atoms with Gasteiger partial charge in [0.05, 0.1) is 13.0 Å². The van der Waals surface area contributed by atoms with Crippen LogP contribution in [-0.4, -0.2) is 42.9 Å². The van der Waals surface area contributed by atoms with E-state index in [2.05, 4.69) is 10.6 Å². The number of carbonyl (C=O) groups is 2. The van der Waals surface area contributed by atoms with Crippen molar-refractivity contribution in [1.82, 2.24) is 10.6 Å². The molecule has 1 amide bonds. The Hall–Kier alpha value is -1.30. The summed E-state index contributed by atoms with van der Waals surface area (Å²) in [6.07, 6.45) is 1.65. The first-order valence-corrected chi connectivity index (χ1v) is 7.18. The van der Waals surface area contributed by atoms with Gasteiger partial charge in [0.25, 0.3) is 0 Å². The lowest BCUT2D eigenvalue weighted by molar-refractivity contribution is -0.143. The summed E-state index contributed by atoms with van der Waals surface area (Å²) in [6, 6.07) is 0.175. The predicted molar refractivity (Wildman–Crippen MR) is 75.4 cm³/mol. The SMILES string of the molecule is CCOC(=O)CC1CC[C@@H](NC(=O)OC(C)(C)C)CN1. The van der Waals surface area contributed by atoms with Crippen LogP contribution in [0.3, 0.4) is 0 Å². The summed E-state index contributed by atoms with van der Waals surface area (Å²) in [7, 11) is 0. The van der Waals surface area contributed by atoms with E-state index in [9.17, 15) is 9.59 Å². The van der Waals surface area contributed by atoms with E-state index in [1.807, 2.05) is 20.8 Å². The summed E-state index contributed by atoms with van der Waals surface area (Å²) in [6.45, 7) is 8.36. The molecule has 6 heteroatoms. The number of rotatable bonds is 4. The average molecular weight is 286 g/mol. The number of ether oxygens (including phenoxy) is 2. The van der Waals surface area contributed by atoms with Crippen molar-refractivity contribution < 1.29 is 19.1 Å². The van der Waals surface area contributed by atoms with Crippen LogP contribution in [0, 0.1) is 0 Å². The number of hydrogen-bond donors (Lipinski definition) is 2. The van der Waals surface area contributed by atoms with Gasteiger partial charge in [0.2, 0.25) is 0 Å². The second-order valence-electron chi connectivity index (χ2n) is 6.03. The summed E-state index contributed by atoms with van der Waals surface area (Å²) in [5, 5.41) is 6.09. The number of hydrogen-bond acceptors (Lipinski definition) is 5. The first-order valence-electron chi connectivity index (χ1n) is 7.18. The summed E-state index contributed by atoms with van der Waals surface area (Å²) >= 11 is 0. The molecule has 6 nitrogen and oxygen atoms in total. The number of esters is 1. The van der Waals surface area contributed by atoms with Gasteiger partial charge in [-0.05, 0) is 40.5 Å². The Bertz CT molecular complexity index is 331. The molecular weight excluding hydrogens is 260 g/mol. The van der Waals surface area contributed by atoms with Gasteiger partial charge in [-0.15, -0.1) is 0 Å². The standard InChI is InChI=1S/C14H26N2O4/c1-5-19-12(17)8-10-6-7-11(9-15-10)16-13(18)20-14(2,3)4/h10-11,15H,5-9H2,1-4H3,(H,16,18)/t10?,11-/m1/s1. The van der Waals surface area contributed by atoms with Crippen molar-refractivity contribution in [3.05, 3.63) is 0 Å². The highest BCUT2D eigenvalue weighted by Gasteiger charge is 2.25. The summed E-state index contributed by atoms with van der Waals surface area (Å²) in [4.78, 5) is 23.0. The van der Waals surface area contributed by atoms with Gasteiger partial charge in [0.15, 0.2) is 0 Å². The van der Waals surface area contributed by atoms with Gasteiger partial charge in [0.1, 0.15) is 5.60 Å². The quantitative estimate of drug-likeness (QED) is 0.767. The third-order valence-electron chi connectivity index (χ3n) is 2.96. The molecule has 0 spiro atoms. The number of piperidine rings is 1. The Morgan fingerprint density at radius 2 is 2.00 bits per heavy atom. The maximum atomic E-state index is 11.6. The Labute approximate surface area is 120 Å². The van der Waals surface area contributed by atoms with E-state index in [-0.39, 0.29) is 18.1 Å². The van der Waals surface area contributed by atoms with E-state index < -0.39 is 11.7 Å². The highest BCUT2D eigenvalue weighted by Crippen LogP contribution is 2.13. The minimum absolute atomic E-state index is 0.0447. The highest BCUT2D eigenvalue weighted by atomic mass is 16.6. The lowest BCUT2D eigenvalue weighted by Gasteiger charge is -2.30. The van der Waals surface area contributed by atoms with Crippen LogP contribution < -0.4 is 10.6 Å². The van der Waals surface area contributed by atoms with Gasteiger partial charge < -0.3 is 20.1 Å². The molecule has 1 aliphatic heterocycles. The lowest BCUT2D eigenvalue weighted by Crippen LogP contribution is -2.51. The second kappa shape index (κ2) is 7.47. The molecule has 1 fully saturated rings. The van der Waals surface area contributed by atoms with Gasteiger partial charge in [0, 0.05) is 18.6 Å². The van der Waals surface area contributed by atoms with Crippen molar-refractivity contribution in [3.63, 3.8) is 0 Å². The smallest absolute Gasteiger partial charge is 0.407 e. The van der Waals surface area contributed by atoms with Crippen LogP contribution in [0.5, 0.6) is 0 Å². The largest absolute Gasteiger partial charge is 0.466 e. The van der Waals surface area contributed by atoms with Gasteiger partial charge in [-0.25, -0.2) is 4.79 Å². The normalized spacial score (nSPS) is 23.0. The maximum absolute atomic E-state index is 11.6. The molecule has 1 aliphatic rings. The maximum Gasteiger partial charge on any atom is 0.407 e. The van der Waals surface area contributed by atoms with E-state index in [0.717, 1.165) is 12.8 Å². The average Bonchev–Trinajstić information content (AvgIpc) is 2.29. The predicted octanol–water partition coefficient (Wildman–Crippen LogP) is 1.58. The van der Waals surface area contributed by atoms with Crippen molar-refractivity contribution in [2.75, 3.05) is 13.2 Å². The van der Waals surface area contributed by atoms with E-state index in [1.165, 1.54) is 0 Å². The Balaban J connectivity index is 2.25. The van der Waals surface area contributed by atoms with Crippen molar-refractivity contribution in [2.24, 2.45) is 0 Å². The third kappa shape index (κ3) is 6.75. The molecule has 116 valence electrons. The van der Waals surface area contributed by atoms with Crippen molar-refractivity contribution in [1.29, 1.82) is 0 Å². The molecule has 20 heavy (non-hydrogen) atoms. The zero-order valence-electron chi connectivity index (χ0n) is 12.8. The molecule has 2 atom stereocenters. The minimum atomic E-state index is -0.487. The summed E-state index contributed by atoms with van der Waals surface area (Å²) < 4.78 is 10.1. The van der Waals surface area contributed by atoms with E-state index >= 15 is 0 Å². The minimum Gasteiger partial charge on any atom is -0.466 e. The molecule has 0 radical (unpaired) electrons. The molecule has 1 saturated heterocycles. The number of amides is 1. The fourth-order valence-electron chi connectivity index (χ4n) is 2.11. The van der Waals surface area contributed by atoms with Crippen LogP contribution in [0.2, 0.25) is 0 Å². The fraction of sp³-hybridized carbons (Fsp3) is 0.857. The number of alkyl carbamates (subject to hydrolysis) is 1. The molecule has 1 heterocycles. The second-order valence-corrected chi connectivity index (χ2v) is 6.03. The van der Waals surface area contributed by atoms with Gasteiger partial charge >= 0.3 is 12.1 Å². The number of nitrogens with one attached hydrogen (secondary N) is 2. The van der Waals surface area contributed by atoms with E-state index in [1.54, 1.807) is 6.92 Å². The van der Waals surface area contributed by atoms with E-state index in [0.29, 0.717) is 19.6 Å². The fourth-order valence-corrected chi connectivity index (χ4v) is 2.11. The zero-order chi connectivity index (χ0) is 15.2. The number of carbonyl (C=O) groups excluding carboxylic acids is 2. The monoisotopic (exact) mass is 286 g/mol. The van der Waals surface area contributed by atoms with Gasteiger partial charge in [-0.1, -0.05) is 0 Å². The van der Waals surface area contributed by atoms with Gasteiger partial charge in [-0.2, -0.15) is 0 Å². The van der Waals surface area contributed by atoms with E-state index in [4.69, 9.17) is 9.47 Å². The van der Waals surface area contributed by atoms with Crippen molar-refractivity contribution in [2.45, 2.75) is 64.6 Å². The summed E-state index contributed by atoms with van der Waals surface area (Å²) in [5.41, 5.74) is -0.487. The molecule has 1 unspecified atom stereocenters. The lowest BCUT2D eigenvalue weighted by atomic mass is 9.98. The van der Waals surface area contributed by atoms with Crippen LogP contribution in [0.15, 0.2) is 0 Å². The summed E-state index contributed by atoms with van der Waals surface area (Å²) in [5.74, 6) is -0.177. The van der Waals surface area contributed by atoms with Crippen LogP contribution in [-0.2, 0) is 14.3 Å².